The lowest BCUT2D eigenvalue weighted by Crippen LogP contribution is -2.24. The Balaban J connectivity index is 2.81. The van der Waals surface area contributed by atoms with Crippen LogP contribution in [0, 0.1) is 12.3 Å². The van der Waals surface area contributed by atoms with Gasteiger partial charge in [0.15, 0.2) is 0 Å². The molecule has 0 radical (unpaired) electrons. The number of aliphatic hydroxyl groups is 1. The van der Waals surface area contributed by atoms with Gasteiger partial charge in [0.2, 0.25) is 0 Å². The highest BCUT2D eigenvalue weighted by molar-refractivity contribution is 5.48. The molecular formula is C14H19NO. The number of nitrogens with zero attached hydrogens (tertiary/aromatic N) is 1. The van der Waals surface area contributed by atoms with E-state index in [-0.39, 0.29) is 0 Å². The molecule has 2 heteroatoms. The average molecular weight is 217 g/mol. The fourth-order valence-electron chi connectivity index (χ4n) is 1.64. The van der Waals surface area contributed by atoms with Crippen LogP contribution in [0.1, 0.15) is 31.9 Å². The fraction of sp³-hybridized carbons (Fsp3) is 0.429. The Morgan fingerprint density at radius 3 is 2.44 bits per heavy atom. The van der Waals surface area contributed by atoms with Crippen molar-refractivity contribution >= 4 is 5.69 Å². The highest BCUT2D eigenvalue weighted by Gasteiger charge is 2.05. The van der Waals surface area contributed by atoms with E-state index in [1.54, 1.807) is 6.92 Å². The normalized spacial score (nSPS) is 11.9. The zero-order valence-corrected chi connectivity index (χ0v) is 9.98. The highest BCUT2D eigenvalue weighted by Crippen LogP contribution is 2.19. The summed E-state index contributed by atoms with van der Waals surface area (Å²) < 4.78 is 0. The van der Waals surface area contributed by atoms with E-state index < -0.39 is 6.10 Å². The molecule has 2 nitrogen and oxygen atoms in total. The van der Waals surface area contributed by atoms with Gasteiger partial charge < -0.3 is 10.0 Å². The van der Waals surface area contributed by atoms with Gasteiger partial charge in [-0.15, -0.1) is 6.42 Å². The van der Waals surface area contributed by atoms with E-state index in [0.29, 0.717) is 6.54 Å². The summed E-state index contributed by atoms with van der Waals surface area (Å²) in [5.41, 5.74) is 2.05. The SMILES string of the molecule is C#CCN(CCC)c1ccc(C(C)O)cc1. The molecular weight excluding hydrogens is 198 g/mol. The zero-order chi connectivity index (χ0) is 12.0. The smallest absolute Gasteiger partial charge is 0.0791 e. The number of rotatable bonds is 5. The lowest BCUT2D eigenvalue weighted by atomic mass is 10.1. The molecule has 0 amide bonds. The third kappa shape index (κ3) is 3.29. The summed E-state index contributed by atoms with van der Waals surface area (Å²) in [5, 5.41) is 9.41. The molecule has 1 aromatic carbocycles. The summed E-state index contributed by atoms with van der Waals surface area (Å²) in [6.45, 7) is 5.48. The van der Waals surface area contributed by atoms with Gasteiger partial charge in [-0.2, -0.15) is 0 Å². The van der Waals surface area contributed by atoms with E-state index in [1.165, 1.54) is 0 Å². The molecule has 0 heterocycles. The topological polar surface area (TPSA) is 23.5 Å². The van der Waals surface area contributed by atoms with E-state index in [0.717, 1.165) is 24.2 Å². The van der Waals surface area contributed by atoms with Gasteiger partial charge in [0, 0.05) is 12.2 Å². The van der Waals surface area contributed by atoms with Crippen LogP contribution in [-0.4, -0.2) is 18.2 Å². The first-order chi connectivity index (χ1) is 7.69. The van der Waals surface area contributed by atoms with Crippen LogP contribution in [0.5, 0.6) is 0 Å². The summed E-state index contributed by atoms with van der Waals surface area (Å²) in [6.07, 6.45) is 6.00. The average Bonchev–Trinajstić information content (AvgIpc) is 2.29. The van der Waals surface area contributed by atoms with E-state index in [2.05, 4.69) is 17.7 Å². The maximum Gasteiger partial charge on any atom is 0.0791 e. The molecule has 0 saturated heterocycles. The molecule has 86 valence electrons. The summed E-state index contributed by atoms with van der Waals surface area (Å²) in [5.74, 6) is 2.67. The first-order valence-corrected chi connectivity index (χ1v) is 5.65. The van der Waals surface area contributed by atoms with Crippen molar-refractivity contribution in [3.63, 3.8) is 0 Å². The van der Waals surface area contributed by atoms with Crippen LogP contribution in [0.3, 0.4) is 0 Å². The standard InChI is InChI=1S/C14H19NO/c1-4-10-15(11-5-2)14-8-6-13(7-9-14)12(3)16/h1,6-9,12,16H,5,10-11H2,2-3H3. The van der Waals surface area contributed by atoms with Crippen LogP contribution in [0.25, 0.3) is 0 Å². The van der Waals surface area contributed by atoms with Gasteiger partial charge in [-0.1, -0.05) is 25.0 Å². The Morgan fingerprint density at radius 1 is 1.38 bits per heavy atom. The number of terminal acetylenes is 1. The monoisotopic (exact) mass is 217 g/mol. The van der Waals surface area contributed by atoms with Crippen molar-refractivity contribution < 1.29 is 5.11 Å². The van der Waals surface area contributed by atoms with Crippen molar-refractivity contribution in [2.24, 2.45) is 0 Å². The molecule has 0 aliphatic heterocycles. The predicted octanol–water partition coefficient (Wildman–Crippen LogP) is 2.59. The highest BCUT2D eigenvalue weighted by atomic mass is 16.3. The minimum atomic E-state index is -0.415. The van der Waals surface area contributed by atoms with E-state index in [1.807, 2.05) is 24.3 Å². The van der Waals surface area contributed by atoms with Crippen LogP contribution in [0.4, 0.5) is 5.69 Å². The molecule has 0 bridgehead atoms. The molecule has 1 aromatic rings. The second-order valence-electron chi connectivity index (χ2n) is 3.89. The number of hydrogen-bond donors (Lipinski definition) is 1. The van der Waals surface area contributed by atoms with E-state index >= 15 is 0 Å². The lowest BCUT2D eigenvalue weighted by molar-refractivity contribution is 0.199. The van der Waals surface area contributed by atoms with Gasteiger partial charge in [-0.05, 0) is 31.0 Å². The Bertz CT molecular complexity index is 348. The Kier molecular flexibility index (Phi) is 4.88. The molecule has 1 atom stereocenters. The van der Waals surface area contributed by atoms with Crippen molar-refractivity contribution in [3.8, 4) is 12.3 Å². The molecule has 0 saturated carbocycles. The number of hydrogen-bond acceptors (Lipinski definition) is 2. The first-order valence-electron chi connectivity index (χ1n) is 5.65. The molecule has 0 fully saturated rings. The summed E-state index contributed by atoms with van der Waals surface area (Å²) in [7, 11) is 0. The van der Waals surface area contributed by atoms with Crippen molar-refractivity contribution in [2.75, 3.05) is 18.0 Å². The second-order valence-corrected chi connectivity index (χ2v) is 3.89. The van der Waals surface area contributed by atoms with Gasteiger partial charge >= 0.3 is 0 Å². The van der Waals surface area contributed by atoms with Crippen molar-refractivity contribution in [3.05, 3.63) is 29.8 Å². The molecule has 0 aliphatic rings. The van der Waals surface area contributed by atoms with Crippen LogP contribution in [-0.2, 0) is 0 Å². The van der Waals surface area contributed by atoms with E-state index in [4.69, 9.17) is 6.42 Å². The summed E-state index contributed by atoms with van der Waals surface area (Å²) >= 11 is 0. The molecule has 16 heavy (non-hydrogen) atoms. The zero-order valence-electron chi connectivity index (χ0n) is 9.98. The molecule has 1 unspecified atom stereocenters. The third-order valence-electron chi connectivity index (χ3n) is 2.52. The first kappa shape index (κ1) is 12.6. The maximum atomic E-state index is 9.41. The van der Waals surface area contributed by atoms with Gasteiger partial charge in [-0.25, -0.2) is 0 Å². The lowest BCUT2D eigenvalue weighted by Gasteiger charge is -2.22. The Labute approximate surface area is 97.9 Å². The van der Waals surface area contributed by atoms with Crippen LogP contribution in [0.2, 0.25) is 0 Å². The number of benzene rings is 1. The van der Waals surface area contributed by atoms with Crippen LogP contribution in [0.15, 0.2) is 24.3 Å². The number of aliphatic hydroxyl groups excluding tert-OH is 1. The van der Waals surface area contributed by atoms with Gasteiger partial charge in [0.1, 0.15) is 0 Å². The third-order valence-corrected chi connectivity index (χ3v) is 2.52. The molecule has 0 aromatic heterocycles. The summed E-state index contributed by atoms with van der Waals surface area (Å²) in [4.78, 5) is 2.16. The Morgan fingerprint density at radius 2 is 2.00 bits per heavy atom. The largest absolute Gasteiger partial charge is 0.389 e. The Hall–Kier alpha value is -1.46. The van der Waals surface area contributed by atoms with Gasteiger partial charge in [0.05, 0.1) is 12.6 Å². The molecule has 1 rings (SSSR count). The van der Waals surface area contributed by atoms with Gasteiger partial charge in [-0.3, -0.25) is 0 Å². The van der Waals surface area contributed by atoms with Crippen molar-refractivity contribution in [2.45, 2.75) is 26.4 Å². The van der Waals surface area contributed by atoms with Crippen LogP contribution < -0.4 is 4.90 Å². The molecule has 1 N–H and O–H groups in total. The minimum Gasteiger partial charge on any atom is -0.389 e. The summed E-state index contributed by atoms with van der Waals surface area (Å²) in [6, 6.07) is 7.91. The van der Waals surface area contributed by atoms with Crippen LogP contribution >= 0.6 is 0 Å². The predicted molar refractivity (Wildman–Crippen MR) is 68.4 cm³/mol. The maximum absolute atomic E-state index is 9.41. The van der Waals surface area contributed by atoms with Crippen molar-refractivity contribution in [1.29, 1.82) is 0 Å². The van der Waals surface area contributed by atoms with Gasteiger partial charge in [0.25, 0.3) is 0 Å². The second kappa shape index (κ2) is 6.19. The van der Waals surface area contributed by atoms with E-state index in [9.17, 15) is 5.11 Å². The quantitative estimate of drug-likeness (QED) is 0.766. The molecule has 0 spiro atoms. The van der Waals surface area contributed by atoms with Crippen molar-refractivity contribution in [1.82, 2.24) is 0 Å². The minimum absolute atomic E-state index is 0.415. The number of anilines is 1. The fourth-order valence-corrected chi connectivity index (χ4v) is 1.64. The molecule has 0 aliphatic carbocycles.